The molecule has 2 aromatic rings. The van der Waals surface area contributed by atoms with Crippen LogP contribution in [0.25, 0.3) is 0 Å². The van der Waals surface area contributed by atoms with Crippen LogP contribution in [0.3, 0.4) is 0 Å². The summed E-state index contributed by atoms with van der Waals surface area (Å²) in [5.41, 5.74) is 2.58. The van der Waals surface area contributed by atoms with Gasteiger partial charge in [-0.1, -0.05) is 12.1 Å². The molecule has 1 aliphatic rings. The first-order valence-electron chi connectivity index (χ1n) is 5.85. The van der Waals surface area contributed by atoms with Gasteiger partial charge >= 0.3 is 0 Å². The minimum atomic E-state index is 0.358. The molecule has 0 bridgehead atoms. The number of hydrogen-bond donors (Lipinski definition) is 0. The summed E-state index contributed by atoms with van der Waals surface area (Å²) in [6, 6.07) is 11.2. The third kappa shape index (κ3) is 2.19. The molecule has 1 atom stereocenters. The fraction of sp³-hybridized carbons (Fsp3) is 0.214. The number of anilines is 1. The van der Waals surface area contributed by atoms with Crippen molar-refractivity contribution in [3.8, 4) is 0 Å². The molecule has 0 saturated carbocycles. The highest BCUT2D eigenvalue weighted by Gasteiger charge is 2.21. The number of hydrogen-bond acceptors (Lipinski definition) is 3. The van der Waals surface area contributed by atoms with E-state index in [0.717, 1.165) is 6.67 Å². The van der Waals surface area contributed by atoms with Crippen LogP contribution in [-0.2, 0) is 0 Å². The molecule has 2 nitrogen and oxygen atoms in total. The van der Waals surface area contributed by atoms with Gasteiger partial charge in [0.2, 0.25) is 0 Å². The monoisotopic (exact) mass is 368 g/mol. The van der Waals surface area contributed by atoms with Gasteiger partial charge in [-0.3, -0.25) is 4.99 Å². The Hall–Kier alpha value is -0.880. The molecule has 92 valence electrons. The summed E-state index contributed by atoms with van der Waals surface area (Å²) in [6.07, 6.45) is 1.98. The first kappa shape index (κ1) is 12.2. The van der Waals surface area contributed by atoms with Crippen molar-refractivity contribution in [2.24, 2.45) is 4.99 Å². The molecule has 0 fully saturated rings. The minimum Gasteiger partial charge on any atom is -0.337 e. The van der Waals surface area contributed by atoms with Crippen molar-refractivity contribution in [3.63, 3.8) is 0 Å². The van der Waals surface area contributed by atoms with E-state index in [4.69, 9.17) is 0 Å². The minimum absolute atomic E-state index is 0.358. The number of nitrogens with zero attached hydrogens (tertiary/aromatic N) is 2. The van der Waals surface area contributed by atoms with Gasteiger partial charge in [-0.25, -0.2) is 0 Å². The summed E-state index contributed by atoms with van der Waals surface area (Å²) in [4.78, 5) is 6.81. The Morgan fingerprint density at radius 3 is 2.83 bits per heavy atom. The zero-order chi connectivity index (χ0) is 12.5. The van der Waals surface area contributed by atoms with E-state index in [-0.39, 0.29) is 0 Å². The summed E-state index contributed by atoms with van der Waals surface area (Å²) in [5, 5.41) is 3.46. The van der Waals surface area contributed by atoms with Crippen molar-refractivity contribution in [1.29, 1.82) is 0 Å². The topological polar surface area (TPSA) is 15.6 Å². The van der Waals surface area contributed by atoms with Crippen LogP contribution >= 0.6 is 33.9 Å². The molecular weight excluding hydrogens is 355 g/mol. The van der Waals surface area contributed by atoms with Crippen molar-refractivity contribution in [1.82, 2.24) is 0 Å². The zero-order valence-electron chi connectivity index (χ0n) is 10.0. The first-order chi connectivity index (χ1) is 8.75. The molecule has 0 radical (unpaired) electrons. The summed E-state index contributed by atoms with van der Waals surface area (Å²) in [6.45, 7) is 2.99. The third-order valence-corrected chi connectivity index (χ3v) is 4.90. The average Bonchev–Trinajstić information content (AvgIpc) is 2.87. The normalized spacial score (nSPS) is 15.6. The van der Waals surface area contributed by atoms with Crippen LogP contribution in [0.4, 0.5) is 5.00 Å². The van der Waals surface area contributed by atoms with E-state index in [2.05, 4.69) is 75.1 Å². The molecule has 1 aromatic heterocycles. The number of halogens is 1. The maximum absolute atomic E-state index is 4.44. The molecule has 2 heterocycles. The second-order valence-electron chi connectivity index (χ2n) is 4.33. The van der Waals surface area contributed by atoms with Crippen LogP contribution in [0, 0.1) is 3.57 Å². The average molecular weight is 368 g/mol. The van der Waals surface area contributed by atoms with Gasteiger partial charge in [0.05, 0.1) is 6.04 Å². The Morgan fingerprint density at radius 2 is 2.06 bits per heavy atom. The highest BCUT2D eigenvalue weighted by atomic mass is 127. The van der Waals surface area contributed by atoms with Crippen molar-refractivity contribution < 1.29 is 0 Å². The Labute approximate surface area is 124 Å². The van der Waals surface area contributed by atoms with E-state index in [1.165, 1.54) is 19.7 Å². The van der Waals surface area contributed by atoms with Gasteiger partial charge in [-0.15, -0.1) is 11.3 Å². The van der Waals surface area contributed by atoms with Crippen LogP contribution in [0.1, 0.15) is 24.1 Å². The Bertz CT molecular complexity index is 574. The molecule has 1 aliphatic heterocycles. The highest BCUT2D eigenvalue weighted by molar-refractivity contribution is 14.1. The molecule has 0 saturated heterocycles. The molecule has 0 unspecified atom stereocenters. The van der Waals surface area contributed by atoms with Crippen molar-refractivity contribution in [2.45, 2.75) is 13.0 Å². The molecule has 0 amide bonds. The Balaban J connectivity index is 1.92. The maximum atomic E-state index is 4.44. The summed E-state index contributed by atoms with van der Waals surface area (Å²) in [7, 11) is 0. The van der Waals surface area contributed by atoms with Gasteiger partial charge in [0.15, 0.2) is 0 Å². The number of benzene rings is 1. The summed E-state index contributed by atoms with van der Waals surface area (Å²) >= 11 is 4.13. The molecule has 0 spiro atoms. The smallest absolute Gasteiger partial charge is 0.111 e. The SMILES string of the molecule is C[C@@H](c1ccc(I)cc1)N1CN=Cc2ccsc21. The standard InChI is InChI=1S/C14H13IN2S/c1-10(11-2-4-13(15)5-3-11)17-9-16-8-12-6-7-18-14(12)17/h2-8,10H,9H2,1H3/t10-/m0/s1. The molecule has 1 aromatic carbocycles. The number of rotatable bonds is 2. The van der Waals surface area contributed by atoms with Gasteiger partial charge in [0, 0.05) is 15.3 Å². The van der Waals surface area contributed by atoms with Gasteiger partial charge < -0.3 is 4.90 Å². The Kier molecular flexibility index (Phi) is 3.39. The summed E-state index contributed by atoms with van der Waals surface area (Å²) < 4.78 is 1.28. The number of thiophene rings is 1. The second kappa shape index (κ2) is 5.01. The van der Waals surface area contributed by atoms with Crippen molar-refractivity contribution >= 4 is 45.1 Å². The quantitative estimate of drug-likeness (QED) is 0.722. The van der Waals surface area contributed by atoms with E-state index in [0.29, 0.717) is 6.04 Å². The van der Waals surface area contributed by atoms with Crippen LogP contribution in [0.5, 0.6) is 0 Å². The van der Waals surface area contributed by atoms with E-state index < -0.39 is 0 Å². The lowest BCUT2D eigenvalue weighted by Gasteiger charge is -2.31. The van der Waals surface area contributed by atoms with Crippen molar-refractivity contribution in [2.75, 3.05) is 11.6 Å². The second-order valence-corrected chi connectivity index (χ2v) is 6.47. The Morgan fingerprint density at radius 1 is 1.28 bits per heavy atom. The highest BCUT2D eigenvalue weighted by Crippen LogP contribution is 2.35. The van der Waals surface area contributed by atoms with E-state index in [1.54, 1.807) is 11.3 Å². The van der Waals surface area contributed by atoms with Crippen molar-refractivity contribution in [3.05, 3.63) is 50.4 Å². The predicted molar refractivity (Wildman–Crippen MR) is 86.8 cm³/mol. The van der Waals surface area contributed by atoms with Gasteiger partial charge in [0.25, 0.3) is 0 Å². The molecular formula is C14H13IN2S. The van der Waals surface area contributed by atoms with Gasteiger partial charge in [-0.2, -0.15) is 0 Å². The van der Waals surface area contributed by atoms with Gasteiger partial charge in [0.1, 0.15) is 11.7 Å². The zero-order valence-corrected chi connectivity index (χ0v) is 13.0. The third-order valence-electron chi connectivity index (χ3n) is 3.22. The molecule has 3 rings (SSSR count). The largest absolute Gasteiger partial charge is 0.337 e. The van der Waals surface area contributed by atoms with E-state index >= 15 is 0 Å². The maximum Gasteiger partial charge on any atom is 0.111 e. The fourth-order valence-corrected chi connectivity index (χ4v) is 3.47. The molecule has 0 aliphatic carbocycles. The predicted octanol–water partition coefficient (Wildman–Crippen LogP) is 4.31. The van der Waals surface area contributed by atoms with Crippen LogP contribution in [0.15, 0.2) is 40.7 Å². The molecule has 18 heavy (non-hydrogen) atoms. The summed E-state index contributed by atoms with van der Waals surface area (Å²) in [5.74, 6) is 0. The molecule has 0 N–H and O–H groups in total. The van der Waals surface area contributed by atoms with Crippen LogP contribution in [0.2, 0.25) is 0 Å². The fourth-order valence-electron chi connectivity index (χ4n) is 2.15. The lowest BCUT2D eigenvalue weighted by atomic mass is 10.1. The lowest BCUT2D eigenvalue weighted by molar-refractivity contribution is 0.682. The van der Waals surface area contributed by atoms with Crippen LogP contribution < -0.4 is 4.90 Å². The van der Waals surface area contributed by atoms with Gasteiger partial charge in [-0.05, 0) is 58.7 Å². The number of fused-ring (bicyclic) bond motifs is 1. The lowest BCUT2D eigenvalue weighted by Crippen LogP contribution is -2.29. The van der Waals surface area contributed by atoms with E-state index in [1.807, 2.05) is 6.21 Å². The molecule has 4 heteroatoms. The van der Waals surface area contributed by atoms with E-state index in [9.17, 15) is 0 Å². The first-order valence-corrected chi connectivity index (χ1v) is 7.81. The number of aliphatic imine (C=N–C) groups is 1. The van der Waals surface area contributed by atoms with Crippen LogP contribution in [-0.4, -0.2) is 12.9 Å².